The molecule has 0 bridgehead atoms. The molecule has 0 spiro atoms. The Hall–Kier alpha value is -2.94. The number of nitrogens with one attached hydrogen (secondary N) is 1. The van der Waals surface area contributed by atoms with E-state index in [0.717, 1.165) is 18.6 Å². The Labute approximate surface area is 170 Å². The highest BCUT2D eigenvalue weighted by molar-refractivity contribution is 6.03. The van der Waals surface area contributed by atoms with Gasteiger partial charge in [0, 0.05) is 18.8 Å². The summed E-state index contributed by atoms with van der Waals surface area (Å²) in [7, 11) is 0. The lowest BCUT2D eigenvalue weighted by molar-refractivity contribution is -0.171. The van der Waals surface area contributed by atoms with Gasteiger partial charge in [0.2, 0.25) is 5.91 Å². The van der Waals surface area contributed by atoms with Gasteiger partial charge in [0.25, 0.3) is 0 Å². The van der Waals surface area contributed by atoms with E-state index in [9.17, 15) is 27.2 Å². The average molecular weight is 424 g/mol. The first-order valence-electron chi connectivity index (χ1n) is 9.37. The smallest absolute Gasteiger partial charge is 0.376 e. The summed E-state index contributed by atoms with van der Waals surface area (Å²) in [5.74, 6) is -3.64. The molecular formula is C21H20F4N2O3. The number of rotatable bonds is 6. The third-order valence-corrected chi connectivity index (χ3v) is 4.72. The summed E-state index contributed by atoms with van der Waals surface area (Å²) in [5.41, 5.74) is -0.0656. The summed E-state index contributed by atoms with van der Waals surface area (Å²) in [4.78, 5) is 25.7. The number of ether oxygens (including phenoxy) is 1. The Balaban J connectivity index is 2.00. The van der Waals surface area contributed by atoms with Crippen LogP contribution in [0.25, 0.3) is 0 Å². The molecular weight excluding hydrogens is 404 g/mol. The minimum absolute atomic E-state index is 0.0442. The third kappa shape index (κ3) is 5.15. The summed E-state index contributed by atoms with van der Waals surface area (Å²) >= 11 is 0. The van der Waals surface area contributed by atoms with Gasteiger partial charge >= 0.3 is 12.1 Å². The van der Waals surface area contributed by atoms with Crippen LogP contribution in [-0.2, 0) is 14.3 Å². The molecule has 5 nitrogen and oxygen atoms in total. The number of alkyl halides is 3. The van der Waals surface area contributed by atoms with Crippen LogP contribution in [0.4, 0.5) is 23.2 Å². The fourth-order valence-corrected chi connectivity index (χ4v) is 3.29. The summed E-state index contributed by atoms with van der Waals surface area (Å²) in [6.45, 7) is 0.643. The second kappa shape index (κ2) is 9.25. The Morgan fingerprint density at radius 3 is 2.33 bits per heavy atom. The summed E-state index contributed by atoms with van der Waals surface area (Å²) in [5, 5.41) is 2.58. The van der Waals surface area contributed by atoms with E-state index in [1.807, 2.05) is 0 Å². The van der Waals surface area contributed by atoms with Gasteiger partial charge in [0.1, 0.15) is 11.9 Å². The monoisotopic (exact) mass is 424 g/mol. The number of benzene rings is 2. The van der Waals surface area contributed by atoms with Crippen LogP contribution in [0.5, 0.6) is 0 Å². The van der Waals surface area contributed by atoms with E-state index in [-0.39, 0.29) is 23.9 Å². The number of carbonyl (C=O) groups is 2. The van der Waals surface area contributed by atoms with Crippen molar-refractivity contribution in [2.45, 2.75) is 31.2 Å². The van der Waals surface area contributed by atoms with Gasteiger partial charge in [-0.05, 0) is 42.7 Å². The zero-order valence-electron chi connectivity index (χ0n) is 15.9. The lowest BCUT2D eigenvalue weighted by Crippen LogP contribution is -2.49. The number of nitrogens with zero attached hydrogens (tertiary/aromatic N) is 1. The lowest BCUT2D eigenvalue weighted by Gasteiger charge is -2.32. The summed E-state index contributed by atoms with van der Waals surface area (Å²) in [6.07, 6.45) is -3.93. The molecule has 0 saturated carbocycles. The molecule has 1 N–H and O–H groups in total. The van der Waals surface area contributed by atoms with Gasteiger partial charge in [-0.1, -0.05) is 30.3 Å². The van der Waals surface area contributed by atoms with Crippen molar-refractivity contribution >= 4 is 17.5 Å². The van der Waals surface area contributed by atoms with Crippen molar-refractivity contribution in [2.24, 2.45) is 0 Å². The minimum atomic E-state index is -5.22. The largest absolute Gasteiger partial charge is 0.471 e. The van der Waals surface area contributed by atoms with Crippen LogP contribution in [0.15, 0.2) is 54.6 Å². The SMILES string of the molecule is O=C(NC[C@H]1CCCO1)[C@@H](c1ccc(F)cc1)N(C(=O)C(F)(F)F)c1ccccc1. The first-order chi connectivity index (χ1) is 14.3. The normalized spacial score (nSPS) is 17.4. The molecule has 2 aromatic rings. The van der Waals surface area contributed by atoms with Crippen LogP contribution in [-0.4, -0.2) is 37.2 Å². The van der Waals surface area contributed by atoms with Crippen molar-refractivity contribution in [2.75, 3.05) is 18.1 Å². The molecule has 160 valence electrons. The Bertz CT molecular complexity index is 866. The average Bonchev–Trinajstić information content (AvgIpc) is 3.24. The van der Waals surface area contributed by atoms with E-state index < -0.39 is 29.8 Å². The van der Waals surface area contributed by atoms with Crippen LogP contribution in [0.3, 0.4) is 0 Å². The molecule has 1 saturated heterocycles. The Kier molecular flexibility index (Phi) is 6.71. The number of anilines is 1. The van der Waals surface area contributed by atoms with E-state index in [1.165, 1.54) is 36.4 Å². The fourth-order valence-electron chi connectivity index (χ4n) is 3.29. The van der Waals surface area contributed by atoms with Gasteiger partial charge in [-0.3, -0.25) is 14.5 Å². The number of hydrogen-bond acceptors (Lipinski definition) is 3. The standard InChI is InChI=1S/C21H20F4N2O3/c22-15-10-8-14(9-11-15)18(19(28)26-13-17-7-4-12-30-17)27(20(29)21(23,24)25)16-5-2-1-3-6-16/h1-3,5-6,8-11,17-18H,4,7,12-13H2,(H,26,28)/t17-,18-/m1/s1. The molecule has 0 unspecified atom stereocenters. The van der Waals surface area contributed by atoms with Crippen molar-refractivity contribution in [3.63, 3.8) is 0 Å². The lowest BCUT2D eigenvalue weighted by atomic mass is 10.0. The highest BCUT2D eigenvalue weighted by atomic mass is 19.4. The molecule has 30 heavy (non-hydrogen) atoms. The first kappa shape index (κ1) is 21.8. The van der Waals surface area contributed by atoms with Gasteiger partial charge in [0.05, 0.1) is 6.10 Å². The van der Waals surface area contributed by atoms with Crippen LogP contribution in [0, 0.1) is 5.82 Å². The third-order valence-electron chi connectivity index (χ3n) is 4.72. The fraction of sp³-hybridized carbons (Fsp3) is 0.333. The molecule has 0 aliphatic carbocycles. The number of amides is 2. The van der Waals surface area contributed by atoms with Gasteiger partial charge in [0.15, 0.2) is 0 Å². The van der Waals surface area contributed by atoms with E-state index in [2.05, 4.69) is 5.32 Å². The first-order valence-corrected chi connectivity index (χ1v) is 9.37. The molecule has 9 heteroatoms. The van der Waals surface area contributed by atoms with Crippen LogP contribution in [0.1, 0.15) is 24.4 Å². The van der Waals surface area contributed by atoms with Gasteiger partial charge in [-0.25, -0.2) is 4.39 Å². The zero-order chi connectivity index (χ0) is 21.7. The van der Waals surface area contributed by atoms with E-state index in [1.54, 1.807) is 6.07 Å². The molecule has 2 aromatic carbocycles. The van der Waals surface area contributed by atoms with E-state index in [0.29, 0.717) is 17.9 Å². The minimum Gasteiger partial charge on any atom is -0.376 e. The van der Waals surface area contributed by atoms with Crippen LogP contribution >= 0.6 is 0 Å². The quantitative estimate of drug-likeness (QED) is 0.719. The molecule has 3 rings (SSSR count). The molecule has 1 aliphatic heterocycles. The number of carbonyl (C=O) groups excluding carboxylic acids is 2. The Morgan fingerprint density at radius 2 is 1.77 bits per heavy atom. The van der Waals surface area contributed by atoms with Gasteiger partial charge in [-0.2, -0.15) is 13.2 Å². The van der Waals surface area contributed by atoms with E-state index in [4.69, 9.17) is 4.74 Å². The van der Waals surface area contributed by atoms with Crippen molar-refractivity contribution in [1.82, 2.24) is 5.32 Å². The second-order valence-electron chi connectivity index (χ2n) is 6.84. The van der Waals surface area contributed by atoms with Gasteiger partial charge < -0.3 is 10.1 Å². The maximum absolute atomic E-state index is 13.4. The molecule has 2 atom stereocenters. The highest BCUT2D eigenvalue weighted by Gasteiger charge is 2.47. The van der Waals surface area contributed by atoms with Crippen LogP contribution in [0.2, 0.25) is 0 Å². The second-order valence-corrected chi connectivity index (χ2v) is 6.84. The molecule has 0 aromatic heterocycles. The molecule has 1 fully saturated rings. The predicted molar refractivity (Wildman–Crippen MR) is 101 cm³/mol. The molecule has 1 heterocycles. The highest BCUT2D eigenvalue weighted by Crippen LogP contribution is 2.32. The number of hydrogen-bond donors (Lipinski definition) is 1. The van der Waals surface area contributed by atoms with Crippen LogP contribution < -0.4 is 10.2 Å². The molecule has 0 radical (unpaired) electrons. The molecule has 1 aliphatic rings. The predicted octanol–water partition coefficient (Wildman–Crippen LogP) is 3.76. The van der Waals surface area contributed by atoms with Crippen molar-refractivity contribution in [1.29, 1.82) is 0 Å². The number of halogens is 4. The topological polar surface area (TPSA) is 58.6 Å². The van der Waals surface area contributed by atoms with Crippen molar-refractivity contribution < 1.29 is 31.9 Å². The number of para-hydroxylation sites is 1. The van der Waals surface area contributed by atoms with Gasteiger partial charge in [-0.15, -0.1) is 0 Å². The van der Waals surface area contributed by atoms with Crippen molar-refractivity contribution in [3.05, 3.63) is 66.0 Å². The Morgan fingerprint density at radius 1 is 1.10 bits per heavy atom. The summed E-state index contributed by atoms with van der Waals surface area (Å²) < 4.78 is 59.1. The molecule has 2 amide bonds. The summed E-state index contributed by atoms with van der Waals surface area (Å²) in [6, 6.07) is 9.86. The maximum atomic E-state index is 13.4. The zero-order valence-corrected chi connectivity index (χ0v) is 15.9. The maximum Gasteiger partial charge on any atom is 0.471 e. The van der Waals surface area contributed by atoms with E-state index >= 15 is 0 Å². The van der Waals surface area contributed by atoms with Crippen molar-refractivity contribution in [3.8, 4) is 0 Å².